The lowest BCUT2D eigenvalue weighted by Crippen LogP contribution is -2.36. The number of amides is 1. The first-order valence-electron chi connectivity index (χ1n) is 7.81. The number of hydrogen-bond donors (Lipinski definition) is 1. The molecular formula is C16H19N3O3S2. The quantitative estimate of drug-likeness (QED) is 0.796. The van der Waals surface area contributed by atoms with E-state index in [1.165, 1.54) is 21.8 Å². The molecule has 0 aromatic carbocycles. The number of thiophene rings is 1. The minimum Gasteiger partial charge on any atom is -0.466 e. The number of carbonyl (C=O) groups excluding carboxylic acids is 2. The summed E-state index contributed by atoms with van der Waals surface area (Å²) in [5, 5.41) is 7.21. The minimum absolute atomic E-state index is 0.0780. The van der Waals surface area contributed by atoms with Gasteiger partial charge in [-0.3, -0.25) is 14.5 Å². The Bertz CT molecular complexity index is 726. The van der Waals surface area contributed by atoms with E-state index in [9.17, 15) is 9.59 Å². The Morgan fingerprint density at radius 3 is 3.12 bits per heavy atom. The van der Waals surface area contributed by atoms with E-state index in [4.69, 9.17) is 4.74 Å². The summed E-state index contributed by atoms with van der Waals surface area (Å²) >= 11 is 3.11. The van der Waals surface area contributed by atoms with E-state index in [-0.39, 0.29) is 18.3 Å². The van der Waals surface area contributed by atoms with Crippen molar-refractivity contribution < 1.29 is 14.3 Å². The Hall–Kier alpha value is -1.77. The van der Waals surface area contributed by atoms with Gasteiger partial charge in [0.15, 0.2) is 5.13 Å². The molecule has 2 aromatic rings. The summed E-state index contributed by atoms with van der Waals surface area (Å²) in [6.45, 7) is 4.19. The molecule has 2 aromatic heterocycles. The first kappa shape index (κ1) is 17.1. The lowest BCUT2D eigenvalue weighted by Gasteiger charge is -2.25. The summed E-state index contributed by atoms with van der Waals surface area (Å²) in [4.78, 5) is 31.4. The van der Waals surface area contributed by atoms with E-state index in [0.29, 0.717) is 24.0 Å². The van der Waals surface area contributed by atoms with Gasteiger partial charge in [-0.2, -0.15) is 0 Å². The van der Waals surface area contributed by atoms with Crippen molar-refractivity contribution in [1.29, 1.82) is 0 Å². The molecule has 0 saturated carbocycles. The van der Waals surface area contributed by atoms with Gasteiger partial charge in [0, 0.05) is 23.3 Å². The van der Waals surface area contributed by atoms with Crippen molar-refractivity contribution in [1.82, 2.24) is 9.88 Å². The van der Waals surface area contributed by atoms with Gasteiger partial charge in [-0.15, -0.1) is 22.7 Å². The van der Waals surface area contributed by atoms with Crippen LogP contribution in [0.5, 0.6) is 0 Å². The smallest absolute Gasteiger partial charge is 0.311 e. The average Bonchev–Trinajstić information content (AvgIpc) is 3.16. The first-order valence-corrected chi connectivity index (χ1v) is 9.57. The number of nitrogens with one attached hydrogen (secondary N) is 1. The second-order valence-corrected chi connectivity index (χ2v) is 7.36. The van der Waals surface area contributed by atoms with Crippen LogP contribution in [0.1, 0.15) is 23.1 Å². The van der Waals surface area contributed by atoms with Gasteiger partial charge in [-0.05, 0) is 30.4 Å². The minimum atomic E-state index is -0.305. The van der Waals surface area contributed by atoms with Gasteiger partial charge in [0.05, 0.1) is 25.3 Å². The molecule has 0 unspecified atom stereocenters. The molecule has 0 spiro atoms. The average molecular weight is 365 g/mol. The molecular weight excluding hydrogens is 346 g/mol. The highest BCUT2D eigenvalue weighted by molar-refractivity contribution is 7.14. The highest BCUT2D eigenvalue weighted by Crippen LogP contribution is 2.24. The van der Waals surface area contributed by atoms with Gasteiger partial charge in [-0.25, -0.2) is 4.98 Å². The van der Waals surface area contributed by atoms with E-state index in [1.807, 2.05) is 0 Å². The van der Waals surface area contributed by atoms with Crippen LogP contribution in [0.25, 0.3) is 0 Å². The van der Waals surface area contributed by atoms with Crippen LogP contribution in [0.15, 0.2) is 16.8 Å². The van der Waals surface area contributed by atoms with Crippen LogP contribution in [0, 0.1) is 0 Å². The molecule has 0 aliphatic carbocycles. The van der Waals surface area contributed by atoms with Gasteiger partial charge in [0.1, 0.15) is 0 Å². The molecule has 1 amide bonds. The van der Waals surface area contributed by atoms with Gasteiger partial charge in [-0.1, -0.05) is 0 Å². The van der Waals surface area contributed by atoms with Crippen LogP contribution in [0.2, 0.25) is 0 Å². The topological polar surface area (TPSA) is 71.5 Å². The van der Waals surface area contributed by atoms with Crippen molar-refractivity contribution in [3.63, 3.8) is 0 Å². The van der Waals surface area contributed by atoms with Gasteiger partial charge in [0.25, 0.3) is 0 Å². The Labute approximate surface area is 148 Å². The number of anilines is 1. The maximum absolute atomic E-state index is 12.2. The number of ether oxygens (including phenoxy) is 1. The molecule has 0 saturated heterocycles. The molecule has 0 atom stereocenters. The zero-order valence-corrected chi connectivity index (χ0v) is 15.0. The summed E-state index contributed by atoms with van der Waals surface area (Å²) in [5.41, 5.74) is 1.94. The van der Waals surface area contributed by atoms with Crippen LogP contribution in [0.4, 0.5) is 5.13 Å². The number of esters is 1. The summed E-state index contributed by atoms with van der Waals surface area (Å²) in [6.07, 6.45) is 1.13. The largest absolute Gasteiger partial charge is 0.466 e. The molecule has 3 rings (SSSR count). The number of aromatic nitrogens is 1. The lowest BCUT2D eigenvalue weighted by atomic mass is 10.1. The third-order valence-corrected chi connectivity index (χ3v) is 5.51. The Morgan fingerprint density at radius 1 is 1.42 bits per heavy atom. The van der Waals surface area contributed by atoms with Crippen molar-refractivity contribution in [2.24, 2.45) is 0 Å². The summed E-state index contributed by atoms with van der Waals surface area (Å²) in [5.74, 6) is -0.383. The molecule has 0 radical (unpaired) electrons. The Balaban J connectivity index is 1.49. The Morgan fingerprint density at radius 2 is 2.29 bits per heavy atom. The van der Waals surface area contributed by atoms with E-state index < -0.39 is 0 Å². The number of hydrogen-bond acceptors (Lipinski definition) is 7. The summed E-state index contributed by atoms with van der Waals surface area (Å²) in [7, 11) is 0. The second-order valence-electron chi connectivity index (χ2n) is 5.50. The number of rotatable bonds is 6. The zero-order valence-electron chi connectivity index (χ0n) is 13.4. The molecule has 3 heterocycles. The standard InChI is InChI=1S/C16H19N3O3S2/c1-2-22-15(21)7-12-10-24-16(17-12)18-14(20)9-19-5-3-13-11(8-19)4-6-23-13/h4,6,10H,2-3,5,7-9H2,1H3,(H,17,18,20). The van der Waals surface area contributed by atoms with Crippen LogP contribution >= 0.6 is 22.7 Å². The van der Waals surface area contributed by atoms with Crippen molar-refractivity contribution in [2.45, 2.75) is 26.3 Å². The van der Waals surface area contributed by atoms with E-state index >= 15 is 0 Å². The maximum Gasteiger partial charge on any atom is 0.311 e. The zero-order chi connectivity index (χ0) is 16.9. The molecule has 8 heteroatoms. The fourth-order valence-corrected chi connectivity index (χ4v) is 4.23. The van der Waals surface area contributed by atoms with Crippen molar-refractivity contribution in [3.8, 4) is 0 Å². The molecule has 128 valence electrons. The Kier molecular flexibility index (Phi) is 5.60. The highest BCUT2D eigenvalue weighted by atomic mass is 32.1. The van der Waals surface area contributed by atoms with E-state index in [0.717, 1.165) is 19.5 Å². The predicted octanol–water partition coefficient (Wildman–Crippen LogP) is 2.31. The molecule has 0 bridgehead atoms. The van der Waals surface area contributed by atoms with Gasteiger partial charge < -0.3 is 10.1 Å². The molecule has 1 N–H and O–H groups in total. The molecule has 0 fully saturated rings. The third-order valence-electron chi connectivity index (χ3n) is 3.68. The fraction of sp³-hybridized carbons (Fsp3) is 0.438. The van der Waals surface area contributed by atoms with Crippen LogP contribution in [0.3, 0.4) is 0 Å². The van der Waals surface area contributed by atoms with Crippen LogP contribution < -0.4 is 5.32 Å². The first-order chi connectivity index (χ1) is 11.6. The SMILES string of the molecule is CCOC(=O)Cc1csc(NC(=O)CN2CCc3sccc3C2)n1. The van der Waals surface area contributed by atoms with E-state index in [1.54, 1.807) is 23.6 Å². The van der Waals surface area contributed by atoms with Gasteiger partial charge in [0.2, 0.25) is 5.91 Å². The molecule has 6 nitrogen and oxygen atoms in total. The van der Waals surface area contributed by atoms with Crippen molar-refractivity contribution in [3.05, 3.63) is 33.0 Å². The summed E-state index contributed by atoms with van der Waals surface area (Å²) in [6, 6.07) is 2.13. The normalized spacial score (nSPS) is 14.2. The maximum atomic E-state index is 12.2. The van der Waals surface area contributed by atoms with Crippen LogP contribution in [-0.4, -0.2) is 41.5 Å². The van der Waals surface area contributed by atoms with Crippen LogP contribution in [-0.2, 0) is 33.7 Å². The monoisotopic (exact) mass is 365 g/mol. The van der Waals surface area contributed by atoms with E-state index in [2.05, 4.69) is 26.6 Å². The summed E-state index contributed by atoms with van der Waals surface area (Å²) < 4.78 is 4.89. The number of fused-ring (bicyclic) bond motifs is 1. The molecule has 1 aliphatic heterocycles. The highest BCUT2D eigenvalue weighted by Gasteiger charge is 2.19. The van der Waals surface area contributed by atoms with Crippen molar-refractivity contribution >= 4 is 39.7 Å². The molecule has 1 aliphatic rings. The fourth-order valence-electron chi connectivity index (χ4n) is 2.61. The number of nitrogens with zero attached hydrogens (tertiary/aromatic N) is 2. The predicted molar refractivity (Wildman–Crippen MR) is 94.4 cm³/mol. The lowest BCUT2D eigenvalue weighted by molar-refractivity contribution is -0.142. The number of thiazole rings is 1. The number of carbonyl (C=O) groups is 2. The van der Waals surface area contributed by atoms with Crippen molar-refractivity contribution in [2.75, 3.05) is 25.0 Å². The van der Waals surface area contributed by atoms with Gasteiger partial charge >= 0.3 is 5.97 Å². The third kappa shape index (κ3) is 4.40. The second kappa shape index (κ2) is 7.87. The molecule has 24 heavy (non-hydrogen) atoms.